The molecule has 0 radical (unpaired) electrons. The second-order valence-corrected chi connectivity index (χ2v) is 2.43. The molecule has 5 nitrogen and oxygen atoms in total. The van der Waals surface area contributed by atoms with Crippen LogP contribution in [-0.4, -0.2) is 31.7 Å². The lowest BCUT2D eigenvalue weighted by molar-refractivity contribution is -0.117. The first-order chi connectivity index (χ1) is 6.54. The highest BCUT2D eigenvalue weighted by Crippen LogP contribution is 1.98. The van der Waals surface area contributed by atoms with Crippen molar-refractivity contribution in [3.63, 3.8) is 0 Å². The number of nitriles is 1. The normalized spacial score (nSPS) is 10.2. The third kappa shape index (κ3) is 7.13. The van der Waals surface area contributed by atoms with Crippen molar-refractivity contribution in [1.29, 1.82) is 5.26 Å². The van der Waals surface area contributed by atoms with E-state index in [-0.39, 0.29) is 11.3 Å². The molecular weight excluding hydrogens is 182 g/mol. The quantitative estimate of drug-likeness (QED) is 0.339. The Morgan fingerprint density at radius 1 is 1.50 bits per heavy atom. The van der Waals surface area contributed by atoms with Gasteiger partial charge in [0.1, 0.15) is 11.8 Å². The van der Waals surface area contributed by atoms with Crippen LogP contribution in [0.4, 0.5) is 0 Å². The van der Waals surface area contributed by atoms with E-state index in [2.05, 4.69) is 10.6 Å². The standard InChI is InChI=1S/C7H10N2O2.C2H7N/c1-3-9-7(11)6(4-8)5(2)10;1-3-2/h10H,3H2,1-2H3,(H,9,11);3H,1-2H3. The fraction of sp³-hybridized carbons (Fsp3) is 0.556. The molecule has 1 amide bonds. The minimum atomic E-state index is -0.532. The van der Waals surface area contributed by atoms with Gasteiger partial charge in [0.2, 0.25) is 0 Å². The number of rotatable bonds is 2. The predicted octanol–water partition coefficient (Wildman–Crippen LogP) is 0.314. The van der Waals surface area contributed by atoms with E-state index in [1.54, 1.807) is 13.0 Å². The average Bonchev–Trinajstić information content (AvgIpc) is 2.06. The first-order valence-electron chi connectivity index (χ1n) is 4.21. The second-order valence-electron chi connectivity index (χ2n) is 2.43. The molecule has 3 N–H and O–H groups in total. The topological polar surface area (TPSA) is 85.2 Å². The van der Waals surface area contributed by atoms with Crippen molar-refractivity contribution >= 4 is 5.91 Å². The monoisotopic (exact) mass is 199 g/mol. The Hall–Kier alpha value is -1.54. The molecule has 0 rings (SSSR count). The number of carbonyl (C=O) groups is 1. The summed E-state index contributed by atoms with van der Waals surface area (Å²) in [5.41, 5.74) is -0.230. The number of aliphatic hydroxyl groups excluding tert-OH is 1. The molecule has 0 aromatic carbocycles. The molecule has 0 bridgehead atoms. The van der Waals surface area contributed by atoms with E-state index in [1.807, 2.05) is 14.1 Å². The molecule has 0 saturated carbocycles. The van der Waals surface area contributed by atoms with Gasteiger partial charge in [-0.2, -0.15) is 5.26 Å². The van der Waals surface area contributed by atoms with Crippen molar-refractivity contribution in [3.8, 4) is 6.07 Å². The lowest BCUT2D eigenvalue weighted by Crippen LogP contribution is -2.24. The Morgan fingerprint density at radius 2 is 1.93 bits per heavy atom. The predicted molar refractivity (Wildman–Crippen MR) is 54.6 cm³/mol. The van der Waals surface area contributed by atoms with Gasteiger partial charge in [-0.15, -0.1) is 0 Å². The van der Waals surface area contributed by atoms with Gasteiger partial charge in [-0.25, -0.2) is 0 Å². The zero-order valence-corrected chi connectivity index (χ0v) is 9.01. The van der Waals surface area contributed by atoms with Crippen LogP contribution in [0.15, 0.2) is 11.3 Å². The fourth-order valence-electron chi connectivity index (χ4n) is 0.545. The van der Waals surface area contributed by atoms with Crippen molar-refractivity contribution in [3.05, 3.63) is 11.3 Å². The van der Waals surface area contributed by atoms with Gasteiger partial charge in [-0.05, 0) is 27.9 Å². The Morgan fingerprint density at radius 3 is 2.14 bits per heavy atom. The number of nitrogens with one attached hydrogen (secondary N) is 2. The zero-order valence-electron chi connectivity index (χ0n) is 9.01. The summed E-state index contributed by atoms with van der Waals surface area (Å²) in [5, 5.41) is 22.3. The summed E-state index contributed by atoms with van der Waals surface area (Å²) < 4.78 is 0. The molecular formula is C9H17N3O2. The van der Waals surface area contributed by atoms with Crippen molar-refractivity contribution < 1.29 is 9.90 Å². The summed E-state index contributed by atoms with van der Waals surface area (Å²) in [6, 6.07) is 1.60. The molecule has 0 atom stereocenters. The summed E-state index contributed by atoms with van der Waals surface area (Å²) in [4.78, 5) is 10.9. The third-order valence-electron chi connectivity index (χ3n) is 1.04. The van der Waals surface area contributed by atoms with Crippen molar-refractivity contribution in [2.75, 3.05) is 20.6 Å². The maximum absolute atomic E-state index is 10.9. The minimum absolute atomic E-state index is 0.230. The van der Waals surface area contributed by atoms with Gasteiger partial charge in [-0.1, -0.05) is 0 Å². The summed E-state index contributed by atoms with van der Waals surface area (Å²) in [7, 11) is 3.75. The number of carbonyl (C=O) groups excluding carboxylic acids is 1. The lowest BCUT2D eigenvalue weighted by atomic mass is 10.2. The number of hydrogen-bond acceptors (Lipinski definition) is 4. The maximum atomic E-state index is 10.9. The third-order valence-corrected chi connectivity index (χ3v) is 1.04. The van der Waals surface area contributed by atoms with E-state index >= 15 is 0 Å². The SMILES string of the molecule is CCNC(=O)C(C#N)=C(C)O.CNC. The average molecular weight is 199 g/mol. The summed E-state index contributed by atoms with van der Waals surface area (Å²) >= 11 is 0. The van der Waals surface area contributed by atoms with Crippen LogP contribution in [0.1, 0.15) is 13.8 Å². The van der Waals surface area contributed by atoms with Gasteiger partial charge in [0, 0.05) is 6.54 Å². The summed E-state index contributed by atoms with van der Waals surface area (Å²) in [5.74, 6) is -0.784. The highest BCUT2D eigenvalue weighted by molar-refractivity contribution is 5.97. The first kappa shape index (κ1) is 15.0. The van der Waals surface area contributed by atoms with Gasteiger partial charge < -0.3 is 15.7 Å². The molecule has 0 aliphatic heterocycles. The Balaban J connectivity index is 0. The molecule has 0 aromatic rings. The molecule has 0 unspecified atom stereocenters. The van der Waals surface area contributed by atoms with E-state index < -0.39 is 5.91 Å². The Kier molecular flexibility index (Phi) is 10.2. The molecule has 0 saturated heterocycles. The largest absolute Gasteiger partial charge is 0.511 e. The Labute approximate surface area is 84.4 Å². The fourth-order valence-corrected chi connectivity index (χ4v) is 0.545. The van der Waals surface area contributed by atoms with Gasteiger partial charge in [0.25, 0.3) is 5.91 Å². The van der Waals surface area contributed by atoms with Crippen molar-refractivity contribution in [1.82, 2.24) is 10.6 Å². The molecule has 5 heteroatoms. The smallest absolute Gasteiger partial charge is 0.265 e. The molecule has 14 heavy (non-hydrogen) atoms. The molecule has 0 aromatic heterocycles. The van der Waals surface area contributed by atoms with Gasteiger partial charge in [0.05, 0.1) is 0 Å². The van der Waals surface area contributed by atoms with Gasteiger partial charge in [-0.3, -0.25) is 4.79 Å². The molecule has 0 aliphatic carbocycles. The minimum Gasteiger partial charge on any atom is -0.511 e. The maximum Gasteiger partial charge on any atom is 0.265 e. The molecule has 0 heterocycles. The number of aliphatic hydroxyl groups is 1. The molecule has 0 spiro atoms. The number of nitrogens with zero attached hydrogens (tertiary/aromatic N) is 1. The highest BCUT2D eigenvalue weighted by Gasteiger charge is 2.09. The molecule has 80 valence electrons. The van der Waals surface area contributed by atoms with Crippen LogP contribution in [-0.2, 0) is 4.79 Å². The zero-order chi connectivity index (χ0) is 11.6. The van der Waals surface area contributed by atoms with E-state index in [0.29, 0.717) is 6.54 Å². The number of amides is 1. The van der Waals surface area contributed by atoms with Crippen molar-refractivity contribution in [2.24, 2.45) is 0 Å². The first-order valence-corrected chi connectivity index (χ1v) is 4.21. The van der Waals surface area contributed by atoms with Gasteiger partial charge in [0.15, 0.2) is 5.57 Å². The van der Waals surface area contributed by atoms with Crippen LogP contribution >= 0.6 is 0 Å². The summed E-state index contributed by atoms with van der Waals surface area (Å²) in [6.45, 7) is 3.48. The van der Waals surface area contributed by atoms with Crippen LogP contribution in [0.5, 0.6) is 0 Å². The van der Waals surface area contributed by atoms with Crippen LogP contribution in [0.3, 0.4) is 0 Å². The van der Waals surface area contributed by atoms with E-state index in [1.165, 1.54) is 6.92 Å². The van der Waals surface area contributed by atoms with Crippen LogP contribution in [0.25, 0.3) is 0 Å². The van der Waals surface area contributed by atoms with Crippen LogP contribution in [0, 0.1) is 11.3 Å². The van der Waals surface area contributed by atoms with E-state index in [9.17, 15) is 4.79 Å². The van der Waals surface area contributed by atoms with E-state index in [4.69, 9.17) is 10.4 Å². The number of likely N-dealkylation sites (N-methyl/N-ethyl adjacent to an activating group) is 1. The van der Waals surface area contributed by atoms with Crippen LogP contribution < -0.4 is 10.6 Å². The summed E-state index contributed by atoms with van der Waals surface area (Å²) in [6.07, 6.45) is 0. The van der Waals surface area contributed by atoms with E-state index in [0.717, 1.165) is 0 Å². The van der Waals surface area contributed by atoms with Gasteiger partial charge >= 0.3 is 0 Å². The van der Waals surface area contributed by atoms with Crippen LogP contribution in [0.2, 0.25) is 0 Å². The highest BCUT2D eigenvalue weighted by atomic mass is 16.3. The molecule has 0 fully saturated rings. The number of allylic oxidation sites excluding steroid dienone is 1. The molecule has 0 aliphatic rings. The second kappa shape index (κ2) is 9.55. The Bertz CT molecular complexity index is 237. The number of hydrogen-bond donors (Lipinski definition) is 3. The lowest BCUT2D eigenvalue weighted by Gasteiger charge is -1.99. The van der Waals surface area contributed by atoms with Crippen molar-refractivity contribution in [2.45, 2.75) is 13.8 Å².